The maximum absolute atomic E-state index is 14.3. The number of ether oxygens (including phenoxy) is 1. The van der Waals surface area contributed by atoms with Crippen molar-refractivity contribution in [1.29, 1.82) is 0 Å². The second-order valence-electron chi connectivity index (χ2n) is 9.68. The lowest BCUT2D eigenvalue weighted by Crippen LogP contribution is -2.38. The fourth-order valence-electron chi connectivity index (χ4n) is 5.88. The number of aliphatic imine (C=N–C) groups is 1. The monoisotopic (exact) mass is 393 g/mol. The Hall–Kier alpha value is -0.930. The van der Waals surface area contributed by atoms with Gasteiger partial charge in [-0.3, -0.25) is 9.79 Å². The summed E-state index contributed by atoms with van der Waals surface area (Å²) in [6, 6.07) is -0.0162. The quantitative estimate of drug-likeness (QED) is 0.376. The van der Waals surface area contributed by atoms with Gasteiger partial charge in [0.15, 0.2) is 0 Å². The minimum atomic E-state index is -1.09. The molecule has 3 nitrogen and oxygen atoms in total. The van der Waals surface area contributed by atoms with Crippen LogP contribution in [0.2, 0.25) is 0 Å². The van der Waals surface area contributed by atoms with E-state index in [4.69, 9.17) is 4.74 Å². The standard InChI is InChI=1S/C24H40FNO2/c1-3-4-5-17-6-8-18(9-7-17)19-10-12-20(13-11-19)24(27)28-23-15-14-21(26-2)16-22(23)25/h17-23H,2-16H2,1H3. The molecule has 3 rings (SSSR count). The van der Waals surface area contributed by atoms with Gasteiger partial charge in [-0.25, -0.2) is 4.39 Å². The maximum atomic E-state index is 14.3. The van der Waals surface area contributed by atoms with Crippen molar-refractivity contribution in [3.8, 4) is 0 Å². The van der Waals surface area contributed by atoms with Crippen molar-refractivity contribution < 1.29 is 13.9 Å². The Kier molecular flexibility index (Phi) is 8.35. The van der Waals surface area contributed by atoms with Gasteiger partial charge < -0.3 is 4.74 Å². The minimum Gasteiger partial charge on any atom is -0.459 e. The number of esters is 1. The molecule has 3 fully saturated rings. The lowest BCUT2D eigenvalue weighted by atomic mass is 9.68. The third-order valence-corrected chi connectivity index (χ3v) is 7.84. The van der Waals surface area contributed by atoms with E-state index in [2.05, 4.69) is 18.6 Å². The van der Waals surface area contributed by atoms with E-state index in [-0.39, 0.29) is 17.9 Å². The number of hydrogen-bond acceptors (Lipinski definition) is 3. The number of alkyl halides is 1. The second kappa shape index (κ2) is 10.7. The molecule has 28 heavy (non-hydrogen) atoms. The third-order valence-electron chi connectivity index (χ3n) is 7.84. The predicted molar refractivity (Wildman–Crippen MR) is 112 cm³/mol. The molecule has 0 amide bonds. The van der Waals surface area contributed by atoms with E-state index in [1.807, 2.05) is 0 Å². The van der Waals surface area contributed by atoms with Crippen LogP contribution in [0.25, 0.3) is 0 Å². The fraction of sp³-hybridized carbons (Fsp3) is 0.917. The SMILES string of the molecule is C=NC1CCC(OC(=O)C2CCC(C3CCC(CCCC)CC3)CC2)C(F)C1. The highest BCUT2D eigenvalue weighted by atomic mass is 19.1. The molecular weight excluding hydrogens is 353 g/mol. The van der Waals surface area contributed by atoms with E-state index in [9.17, 15) is 9.18 Å². The van der Waals surface area contributed by atoms with Gasteiger partial charge in [-0.1, -0.05) is 39.0 Å². The number of nitrogens with zero attached hydrogens (tertiary/aromatic N) is 1. The summed E-state index contributed by atoms with van der Waals surface area (Å²) < 4.78 is 19.9. The molecule has 3 aliphatic carbocycles. The summed E-state index contributed by atoms with van der Waals surface area (Å²) in [6.07, 6.45) is 13.9. The van der Waals surface area contributed by atoms with Crippen molar-refractivity contribution in [3.05, 3.63) is 0 Å². The highest BCUT2D eigenvalue weighted by Crippen LogP contribution is 2.42. The summed E-state index contributed by atoms with van der Waals surface area (Å²) in [5.74, 6) is 2.45. The van der Waals surface area contributed by atoms with Crippen molar-refractivity contribution in [3.63, 3.8) is 0 Å². The maximum Gasteiger partial charge on any atom is 0.309 e. The molecule has 0 bridgehead atoms. The predicted octanol–water partition coefficient (Wildman–Crippen LogP) is 6.29. The van der Waals surface area contributed by atoms with Crippen molar-refractivity contribution >= 4 is 12.7 Å². The van der Waals surface area contributed by atoms with Gasteiger partial charge in [0, 0.05) is 6.42 Å². The summed E-state index contributed by atoms with van der Waals surface area (Å²) in [7, 11) is 0. The molecule has 0 aromatic rings. The van der Waals surface area contributed by atoms with Crippen LogP contribution in [0.4, 0.5) is 4.39 Å². The van der Waals surface area contributed by atoms with E-state index >= 15 is 0 Å². The van der Waals surface area contributed by atoms with Crippen LogP contribution >= 0.6 is 0 Å². The molecule has 3 unspecified atom stereocenters. The number of unbranched alkanes of at least 4 members (excludes halogenated alkanes) is 1. The molecule has 0 aromatic heterocycles. The number of rotatable bonds is 7. The van der Waals surface area contributed by atoms with Crippen molar-refractivity contribution in [2.75, 3.05) is 0 Å². The number of halogens is 1. The van der Waals surface area contributed by atoms with E-state index in [1.54, 1.807) is 0 Å². The van der Waals surface area contributed by atoms with Crippen molar-refractivity contribution in [2.45, 2.75) is 115 Å². The molecule has 3 atom stereocenters. The lowest BCUT2D eigenvalue weighted by molar-refractivity contribution is -0.161. The van der Waals surface area contributed by atoms with Gasteiger partial charge in [0.25, 0.3) is 0 Å². The Morgan fingerprint density at radius 2 is 1.64 bits per heavy atom. The first-order chi connectivity index (χ1) is 13.6. The van der Waals surface area contributed by atoms with Crippen LogP contribution in [-0.4, -0.2) is 31.0 Å². The zero-order valence-electron chi connectivity index (χ0n) is 17.8. The topological polar surface area (TPSA) is 38.7 Å². The van der Waals surface area contributed by atoms with Gasteiger partial charge in [0.05, 0.1) is 12.0 Å². The Morgan fingerprint density at radius 3 is 2.21 bits per heavy atom. The highest BCUT2D eigenvalue weighted by Gasteiger charge is 2.37. The first-order valence-corrected chi connectivity index (χ1v) is 11.9. The molecule has 0 saturated heterocycles. The normalized spacial score (nSPS) is 39.3. The number of hydrogen-bond donors (Lipinski definition) is 0. The molecule has 160 valence electrons. The van der Waals surface area contributed by atoms with Gasteiger partial charge in [0.1, 0.15) is 12.3 Å². The summed E-state index contributed by atoms with van der Waals surface area (Å²) >= 11 is 0. The van der Waals surface area contributed by atoms with Gasteiger partial charge in [-0.2, -0.15) is 0 Å². The van der Waals surface area contributed by atoms with Crippen molar-refractivity contribution in [1.82, 2.24) is 0 Å². The van der Waals surface area contributed by atoms with Crippen LogP contribution in [-0.2, 0) is 9.53 Å². The Balaban J connectivity index is 1.37. The van der Waals surface area contributed by atoms with Crippen LogP contribution < -0.4 is 0 Å². The van der Waals surface area contributed by atoms with E-state index < -0.39 is 12.3 Å². The zero-order chi connectivity index (χ0) is 19.9. The average molecular weight is 394 g/mol. The summed E-state index contributed by atoms with van der Waals surface area (Å²) in [5.41, 5.74) is 0. The molecule has 0 spiro atoms. The van der Waals surface area contributed by atoms with Crippen LogP contribution in [0.15, 0.2) is 4.99 Å². The molecule has 0 N–H and O–H groups in total. The molecule has 3 saturated carbocycles. The summed E-state index contributed by atoms with van der Waals surface area (Å²) in [5, 5.41) is 0. The van der Waals surface area contributed by atoms with Gasteiger partial charge in [-0.05, 0) is 75.8 Å². The number of carbonyl (C=O) groups is 1. The lowest BCUT2D eigenvalue weighted by Gasteiger charge is -2.38. The van der Waals surface area contributed by atoms with Gasteiger partial charge in [-0.15, -0.1) is 0 Å². The highest BCUT2D eigenvalue weighted by molar-refractivity contribution is 5.72. The fourth-order valence-corrected chi connectivity index (χ4v) is 5.88. The number of carbonyl (C=O) groups excluding carboxylic acids is 1. The van der Waals surface area contributed by atoms with Gasteiger partial charge in [0.2, 0.25) is 0 Å². The molecule has 0 aliphatic heterocycles. The van der Waals surface area contributed by atoms with E-state index in [1.165, 1.54) is 44.9 Å². The van der Waals surface area contributed by atoms with Crippen molar-refractivity contribution in [2.24, 2.45) is 28.7 Å². The zero-order valence-corrected chi connectivity index (χ0v) is 17.8. The van der Waals surface area contributed by atoms with E-state index in [0.29, 0.717) is 12.8 Å². The molecule has 3 aliphatic rings. The third kappa shape index (κ3) is 5.79. The van der Waals surface area contributed by atoms with Crippen LogP contribution in [0, 0.1) is 23.7 Å². The molecule has 0 radical (unpaired) electrons. The average Bonchev–Trinajstić information content (AvgIpc) is 2.74. The summed E-state index contributed by atoms with van der Waals surface area (Å²) in [6.45, 7) is 5.80. The largest absolute Gasteiger partial charge is 0.459 e. The molecular formula is C24H40FNO2. The first kappa shape index (κ1) is 21.8. The molecule has 0 heterocycles. The Bertz CT molecular complexity index is 495. The molecule has 4 heteroatoms. The Labute approximate surface area is 170 Å². The van der Waals surface area contributed by atoms with Gasteiger partial charge >= 0.3 is 5.97 Å². The Morgan fingerprint density at radius 1 is 1.00 bits per heavy atom. The van der Waals surface area contributed by atoms with E-state index in [0.717, 1.165) is 49.9 Å². The second-order valence-corrected chi connectivity index (χ2v) is 9.68. The minimum absolute atomic E-state index is 0.0143. The van der Waals surface area contributed by atoms with Crippen LogP contribution in [0.5, 0.6) is 0 Å². The smallest absolute Gasteiger partial charge is 0.309 e. The first-order valence-electron chi connectivity index (χ1n) is 11.9. The summed E-state index contributed by atoms with van der Waals surface area (Å²) in [4.78, 5) is 16.5. The van der Waals surface area contributed by atoms with Crippen LogP contribution in [0.1, 0.15) is 96.8 Å². The van der Waals surface area contributed by atoms with Crippen LogP contribution in [0.3, 0.4) is 0 Å². The molecule has 0 aromatic carbocycles.